The lowest BCUT2D eigenvalue weighted by molar-refractivity contribution is 0.136. The average molecular weight is 348 g/mol. The molecule has 5 nitrogen and oxygen atoms in total. The van der Waals surface area contributed by atoms with Gasteiger partial charge >= 0.3 is 0 Å². The van der Waals surface area contributed by atoms with Crippen LogP contribution in [0.15, 0.2) is 35.3 Å². The van der Waals surface area contributed by atoms with Crippen LogP contribution in [0.1, 0.15) is 25.3 Å². The molecule has 0 saturated carbocycles. The molecule has 1 aliphatic rings. The van der Waals surface area contributed by atoms with E-state index in [-0.39, 0.29) is 0 Å². The number of ether oxygens (including phenoxy) is 2. The number of guanidine groups is 1. The zero-order valence-corrected chi connectivity index (χ0v) is 15.7. The molecule has 140 valence electrons. The first-order valence-corrected chi connectivity index (χ1v) is 9.48. The Hall–Kier alpha value is -1.59. The van der Waals surface area contributed by atoms with Crippen molar-refractivity contribution in [2.24, 2.45) is 10.9 Å². The normalized spacial score (nSPS) is 17.7. The molecule has 1 N–H and O–H groups in total. The molecule has 1 saturated heterocycles. The number of hydrogen-bond acceptors (Lipinski definition) is 3. The van der Waals surface area contributed by atoms with Gasteiger partial charge in [0.1, 0.15) is 0 Å². The molecule has 1 aromatic rings. The molecular formula is C20H33N3O2. The summed E-state index contributed by atoms with van der Waals surface area (Å²) in [6.45, 7) is 8.09. The Morgan fingerprint density at radius 3 is 2.88 bits per heavy atom. The van der Waals surface area contributed by atoms with Gasteiger partial charge in [-0.3, -0.25) is 4.99 Å². The van der Waals surface area contributed by atoms with Crippen LogP contribution in [0, 0.1) is 5.92 Å². The number of hydrogen-bond donors (Lipinski definition) is 1. The molecular weight excluding hydrogens is 314 g/mol. The van der Waals surface area contributed by atoms with E-state index in [2.05, 4.69) is 48.5 Å². The van der Waals surface area contributed by atoms with E-state index in [1.54, 1.807) is 0 Å². The van der Waals surface area contributed by atoms with E-state index in [4.69, 9.17) is 14.5 Å². The first-order valence-electron chi connectivity index (χ1n) is 9.48. The summed E-state index contributed by atoms with van der Waals surface area (Å²) in [6, 6.07) is 10.5. The van der Waals surface area contributed by atoms with Gasteiger partial charge in [-0.25, -0.2) is 0 Å². The summed E-state index contributed by atoms with van der Waals surface area (Å²) < 4.78 is 11.2. The van der Waals surface area contributed by atoms with Crippen LogP contribution in [0.2, 0.25) is 0 Å². The summed E-state index contributed by atoms with van der Waals surface area (Å²) in [5.41, 5.74) is 1.33. The fraction of sp³-hybridized carbons (Fsp3) is 0.650. The molecule has 2 rings (SSSR count). The van der Waals surface area contributed by atoms with Gasteiger partial charge in [-0.2, -0.15) is 0 Å². The second-order valence-corrected chi connectivity index (χ2v) is 6.55. The summed E-state index contributed by atoms with van der Waals surface area (Å²) in [5.74, 6) is 1.61. The minimum absolute atomic E-state index is 0.621. The van der Waals surface area contributed by atoms with Crippen LogP contribution in [-0.2, 0) is 15.9 Å². The van der Waals surface area contributed by atoms with Crippen molar-refractivity contribution in [2.45, 2.75) is 26.2 Å². The minimum atomic E-state index is 0.621. The Morgan fingerprint density at radius 1 is 1.32 bits per heavy atom. The fourth-order valence-corrected chi connectivity index (χ4v) is 2.96. The highest BCUT2D eigenvalue weighted by Crippen LogP contribution is 2.13. The van der Waals surface area contributed by atoms with Gasteiger partial charge in [-0.1, -0.05) is 30.3 Å². The van der Waals surface area contributed by atoms with Crippen molar-refractivity contribution >= 4 is 5.96 Å². The van der Waals surface area contributed by atoms with Crippen molar-refractivity contribution in [1.82, 2.24) is 10.2 Å². The molecule has 1 atom stereocenters. The minimum Gasteiger partial charge on any atom is -0.381 e. The zero-order chi connectivity index (χ0) is 17.7. The van der Waals surface area contributed by atoms with Crippen LogP contribution >= 0.6 is 0 Å². The standard InChI is InChI=1S/C20H33N3O2/c1-3-21-20(23(2)16-19-11-15-25-17-19)22-12-7-13-24-14-10-18-8-5-4-6-9-18/h4-6,8-9,19H,3,7,10-17H2,1-2H3,(H,21,22). The highest BCUT2D eigenvalue weighted by molar-refractivity contribution is 5.79. The highest BCUT2D eigenvalue weighted by Gasteiger charge is 2.18. The molecule has 1 aromatic carbocycles. The van der Waals surface area contributed by atoms with Crippen molar-refractivity contribution in [3.8, 4) is 0 Å². The van der Waals surface area contributed by atoms with Crippen LogP contribution in [0.25, 0.3) is 0 Å². The highest BCUT2D eigenvalue weighted by atomic mass is 16.5. The maximum Gasteiger partial charge on any atom is 0.193 e. The van der Waals surface area contributed by atoms with Gasteiger partial charge in [-0.05, 0) is 31.7 Å². The molecule has 0 bridgehead atoms. The first-order chi connectivity index (χ1) is 12.3. The van der Waals surface area contributed by atoms with Gasteiger partial charge < -0.3 is 19.7 Å². The second-order valence-electron chi connectivity index (χ2n) is 6.55. The largest absolute Gasteiger partial charge is 0.381 e. The lowest BCUT2D eigenvalue weighted by Gasteiger charge is -2.24. The molecule has 1 heterocycles. The van der Waals surface area contributed by atoms with Crippen molar-refractivity contribution in [2.75, 3.05) is 53.1 Å². The van der Waals surface area contributed by atoms with Crippen LogP contribution in [0.4, 0.5) is 0 Å². The van der Waals surface area contributed by atoms with E-state index in [0.717, 1.165) is 71.3 Å². The third-order valence-corrected chi connectivity index (χ3v) is 4.34. The zero-order valence-electron chi connectivity index (χ0n) is 15.7. The number of rotatable bonds is 10. The van der Waals surface area contributed by atoms with Gasteiger partial charge in [0.15, 0.2) is 5.96 Å². The Bertz CT molecular complexity index is 487. The third-order valence-electron chi connectivity index (χ3n) is 4.34. The maximum absolute atomic E-state index is 5.73. The van der Waals surface area contributed by atoms with Crippen LogP contribution in [0.3, 0.4) is 0 Å². The Morgan fingerprint density at radius 2 is 2.16 bits per heavy atom. The van der Waals surface area contributed by atoms with Gasteiger partial charge in [0.2, 0.25) is 0 Å². The molecule has 0 radical (unpaired) electrons. The van der Waals surface area contributed by atoms with Crippen LogP contribution in [0.5, 0.6) is 0 Å². The van der Waals surface area contributed by atoms with E-state index in [1.807, 2.05) is 6.07 Å². The van der Waals surface area contributed by atoms with E-state index < -0.39 is 0 Å². The summed E-state index contributed by atoms with van der Waals surface area (Å²) in [4.78, 5) is 6.94. The summed E-state index contributed by atoms with van der Waals surface area (Å²) >= 11 is 0. The summed E-state index contributed by atoms with van der Waals surface area (Å²) in [7, 11) is 2.11. The van der Waals surface area contributed by atoms with E-state index in [9.17, 15) is 0 Å². The summed E-state index contributed by atoms with van der Waals surface area (Å²) in [5, 5.41) is 3.37. The number of nitrogens with one attached hydrogen (secondary N) is 1. The lowest BCUT2D eigenvalue weighted by atomic mass is 10.1. The van der Waals surface area contributed by atoms with Crippen LogP contribution < -0.4 is 5.32 Å². The van der Waals surface area contributed by atoms with Crippen molar-refractivity contribution < 1.29 is 9.47 Å². The maximum atomic E-state index is 5.73. The van der Waals surface area contributed by atoms with E-state index >= 15 is 0 Å². The first kappa shape index (κ1) is 19.7. The molecule has 1 aliphatic heterocycles. The van der Waals surface area contributed by atoms with Gasteiger partial charge in [0, 0.05) is 45.8 Å². The van der Waals surface area contributed by atoms with Gasteiger partial charge in [0.05, 0.1) is 13.2 Å². The Kier molecular flexibility index (Phi) is 9.37. The molecule has 0 spiro atoms. The van der Waals surface area contributed by atoms with Crippen LogP contribution in [-0.4, -0.2) is 64.0 Å². The molecule has 1 unspecified atom stereocenters. The van der Waals surface area contributed by atoms with Crippen molar-refractivity contribution in [1.29, 1.82) is 0 Å². The van der Waals surface area contributed by atoms with Gasteiger partial charge in [-0.15, -0.1) is 0 Å². The Labute approximate surface area is 152 Å². The molecule has 0 amide bonds. The number of aliphatic imine (C=N–C) groups is 1. The molecule has 0 aromatic heterocycles. The summed E-state index contributed by atoms with van der Waals surface area (Å²) in [6.07, 6.45) is 3.07. The smallest absolute Gasteiger partial charge is 0.193 e. The lowest BCUT2D eigenvalue weighted by Crippen LogP contribution is -2.41. The fourth-order valence-electron chi connectivity index (χ4n) is 2.96. The monoisotopic (exact) mass is 347 g/mol. The quantitative estimate of drug-likeness (QED) is 0.401. The number of nitrogens with zero attached hydrogens (tertiary/aromatic N) is 2. The molecule has 0 aliphatic carbocycles. The molecule has 25 heavy (non-hydrogen) atoms. The number of benzene rings is 1. The SMILES string of the molecule is CCNC(=NCCCOCCc1ccccc1)N(C)CC1CCOC1. The van der Waals surface area contributed by atoms with Crippen molar-refractivity contribution in [3.05, 3.63) is 35.9 Å². The predicted molar refractivity (Wildman–Crippen MR) is 103 cm³/mol. The third kappa shape index (κ3) is 7.88. The van der Waals surface area contributed by atoms with E-state index in [0.29, 0.717) is 5.92 Å². The Balaban J connectivity index is 1.61. The predicted octanol–water partition coefficient (Wildman–Crippen LogP) is 2.57. The molecule has 5 heteroatoms. The average Bonchev–Trinajstić information content (AvgIpc) is 3.13. The van der Waals surface area contributed by atoms with Gasteiger partial charge in [0.25, 0.3) is 0 Å². The van der Waals surface area contributed by atoms with Crippen molar-refractivity contribution in [3.63, 3.8) is 0 Å². The van der Waals surface area contributed by atoms with E-state index in [1.165, 1.54) is 5.56 Å². The molecule has 1 fully saturated rings. The topological polar surface area (TPSA) is 46.1 Å². The second kappa shape index (κ2) is 11.9.